The molecule has 0 bridgehead atoms. The van der Waals surface area contributed by atoms with Crippen LogP contribution in [0.15, 0.2) is 47.4 Å². The van der Waals surface area contributed by atoms with Gasteiger partial charge in [0.15, 0.2) is 0 Å². The van der Waals surface area contributed by atoms with Crippen molar-refractivity contribution in [3.05, 3.63) is 42.5 Å². The van der Waals surface area contributed by atoms with Gasteiger partial charge >= 0.3 is 0 Å². The fourth-order valence-corrected chi connectivity index (χ4v) is 6.68. The van der Waals surface area contributed by atoms with Gasteiger partial charge in [0, 0.05) is 18.0 Å². The molecule has 0 N–H and O–H groups in total. The Morgan fingerprint density at radius 1 is 0.929 bits per heavy atom. The van der Waals surface area contributed by atoms with Gasteiger partial charge in [0.05, 0.1) is 4.90 Å². The zero-order valence-corrected chi connectivity index (χ0v) is 17.7. The van der Waals surface area contributed by atoms with Gasteiger partial charge in [-0.25, -0.2) is 8.42 Å². The second-order valence-electron chi connectivity index (χ2n) is 8.56. The maximum atomic E-state index is 13.6. The first-order valence-corrected chi connectivity index (χ1v) is 12.2. The smallest absolute Gasteiger partial charge is 0.243 e. The molecule has 5 heteroatoms. The first-order valence-electron chi connectivity index (χ1n) is 10.8. The normalized spacial score (nSPS) is 23.2. The molecule has 4 nitrogen and oxygen atoms in total. The lowest BCUT2D eigenvalue weighted by atomic mass is 9.98. The molecule has 0 saturated carbocycles. The van der Waals surface area contributed by atoms with E-state index in [2.05, 4.69) is 11.8 Å². The fraction of sp³-hybridized carbons (Fsp3) is 0.565. The molecule has 0 amide bonds. The molecule has 1 atom stereocenters. The number of sulfonamides is 1. The zero-order chi connectivity index (χ0) is 19.6. The van der Waals surface area contributed by atoms with E-state index >= 15 is 0 Å². The fourth-order valence-electron chi connectivity index (χ4n) is 4.74. The van der Waals surface area contributed by atoms with Crippen molar-refractivity contribution in [2.24, 2.45) is 5.92 Å². The van der Waals surface area contributed by atoms with E-state index in [-0.39, 0.29) is 6.04 Å². The van der Waals surface area contributed by atoms with Gasteiger partial charge in [-0.15, -0.1) is 0 Å². The van der Waals surface area contributed by atoms with Crippen molar-refractivity contribution in [3.63, 3.8) is 0 Å². The Kier molecular flexibility index (Phi) is 6.04. The predicted octanol–water partition coefficient (Wildman–Crippen LogP) is 4.51. The Labute approximate surface area is 169 Å². The standard InChI is InChI=1S/C23H32N2O2S/c1-19-12-16-24(17-13-19)18-14-21-9-4-5-15-25(21)28(26,27)23-11-6-8-20-7-2-3-10-22(20)23/h2-3,6-8,10-11,19,21H,4-5,9,12-18H2,1H3/t21-/m1/s1. The van der Waals surface area contributed by atoms with Crippen molar-refractivity contribution >= 4 is 20.8 Å². The van der Waals surface area contributed by atoms with Crippen molar-refractivity contribution in [2.45, 2.75) is 56.4 Å². The number of benzene rings is 2. The Bertz CT molecular complexity index is 898. The molecule has 0 aromatic heterocycles. The molecule has 2 fully saturated rings. The minimum absolute atomic E-state index is 0.122. The van der Waals surface area contributed by atoms with Crippen molar-refractivity contribution in [2.75, 3.05) is 26.2 Å². The number of rotatable bonds is 5. The third kappa shape index (κ3) is 4.12. The topological polar surface area (TPSA) is 40.6 Å². The Balaban J connectivity index is 1.54. The van der Waals surface area contributed by atoms with Crippen molar-refractivity contribution < 1.29 is 8.42 Å². The lowest BCUT2D eigenvalue weighted by molar-refractivity contribution is 0.162. The molecule has 2 heterocycles. The van der Waals surface area contributed by atoms with Gasteiger partial charge < -0.3 is 4.90 Å². The van der Waals surface area contributed by atoms with E-state index < -0.39 is 10.0 Å². The van der Waals surface area contributed by atoms with E-state index in [4.69, 9.17) is 0 Å². The summed E-state index contributed by atoms with van der Waals surface area (Å²) >= 11 is 0. The third-order valence-corrected chi connectivity index (χ3v) is 8.57. The number of hydrogen-bond donors (Lipinski definition) is 0. The number of fused-ring (bicyclic) bond motifs is 1. The van der Waals surface area contributed by atoms with E-state index in [9.17, 15) is 8.42 Å². The lowest BCUT2D eigenvalue weighted by Gasteiger charge is -2.37. The zero-order valence-electron chi connectivity index (χ0n) is 16.9. The molecule has 2 aliphatic heterocycles. The number of hydrogen-bond acceptors (Lipinski definition) is 3. The van der Waals surface area contributed by atoms with Gasteiger partial charge in [-0.2, -0.15) is 4.31 Å². The van der Waals surface area contributed by atoms with Crippen LogP contribution in [0.3, 0.4) is 0 Å². The van der Waals surface area contributed by atoms with Gasteiger partial charge in [-0.1, -0.05) is 49.7 Å². The summed E-state index contributed by atoms with van der Waals surface area (Å²) in [5, 5.41) is 1.82. The van der Waals surface area contributed by atoms with Crippen LogP contribution >= 0.6 is 0 Å². The first kappa shape index (κ1) is 19.9. The van der Waals surface area contributed by atoms with Crippen LogP contribution in [0.25, 0.3) is 10.8 Å². The molecule has 2 aromatic carbocycles. The van der Waals surface area contributed by atoms with Crippen LogP contribution in [0.4, 0.5) is 0 Å². The van der Waals surface area contributed by atoms with E-state index in [1.54, 1.807) is 6.07 Å². The minimum atomic E-state index is -3.48. The summed E-state index contributed by atoms with van der Waals surface area (Å²) in [5.74, 6) is 0.828. The summed E-state index contributed by atoms with van der Waals surface area (Å²) in [6.45, 7) is 6.30. The first-order chi connectivity index (χ1) is 13.6. The van der Waals surface area contributed by atoms with Crippen LogP contribution in [0.2, 0.25) is 0 Å². The van der Waals surface area contributed by atoms with E-state index in [1.807, 2.05) is 40.7 Å². The summed E-state index contributed by atoms with van der Waals surface area (Å²) in [6, 6.07) is 13.5. The van der Waals surface area contributed by atoms with E-state index in [0.29, 0.717) is 11.4 Å². The maximum Gasteiger partial charge on any atom is 0.243 e. The Hall–Kier alpha value is -1.43. The Morgan fingerprint density at radius 3 is 2.50 bits per heavy atom. The predicted molar refractivity (Wildman–Crippen MR) is 115 cm³/mol. The second-order valence-corrected chi connectivity index (χ2v) is 10.4. The van der Waals surface area contributed by atoms with Gasteiger partial charge in [0.25, 0.3) is 0 Å². The highest BCUT2D eigenvalue weighted by Crippen LogP contribution is 2.31. The Morgan fingerprint density at radius 2 is 1.68 bits per heavy atom. The molecule has 0 unspecified atom stereocenters. The number of likely N-dealkylation sites (tertiary alicyclic amines) is 1. The van der Waals surface area contributed by atoms with Crippen LogP contribution in [0.1, 0.15) is 45.4 Å². The summed E-state index contributed by atoms with van der Waals surface area (Å²) in [7, 11) is -3.48. The molecule has 2 saturated heterocycles. The average molecular weight is 401 g/mol. The van der Waals surface area contributed by atoms with Crippen LogP contribution in [0, 0.1) is 5.92 Å². The van der Waals surface area contributed by atoms with Crippen LogP contribution < -0.4 is 0 Å². The second kappa shape index (κ2) is 8.52. The van der Waals surface area contributed by atoms with E-state index in [0.717, 1.165) is 62.0 Å². The van der Waals surface area contributed by atoms with Crippen molar-refractivity contribution in [1.29, 1.82) is 0 Å². The largest absolute Gasteiger partial charge is 0.303 e. The molecule has 28 heavy (non-hydrogen) atoms. The monoisotopic (exact) mass is 400 g/mol. The van der Waals surface area contributed by atoms with Gasteiger partial charge in [-0.05, 0) is 69.1 Å². The molecular weight excluding hydrogens is 368 g/mol. The van der Waals surface area contributed by atoms with E-state index in [1.165, 1.54) is 12.8 Å². The van der Waals surface area contributed by atoms with Crippen molar-refractivity contribution in [3.8, 4) is 0 Å². The summed E-state index contributed by atoms with van der Waals surface area (Å²) < 4.78 is 29.0. The average Bonchev–Trinajstić information content (AvgIpc) is 2.73. The maximum absolute atomic E-state index is 13.6. The molecule has 0 spiro atoms. The van der Waals surface area contributed by atoms with Gasteiger partial charge in [-0.3, -0.25) is 0 Å². The molecular formula is C23H32N2O2S. The minimum Gasteiger partial charge on any atom is -0.303 e. The SMILES string of the molecule is CC1CCN(CC[C@H]2CCCCN2S(=O)(=O)c2cccc3ccccc23)CC1. The summed E-state index contributed by atoms with van der Waals surface area (Å²) in [6.07, 6.45) is 6.54. The third-order valence-electron chi connectivity index (χ3n) is 6.56. The lowest BCUT2D eigenvalue weighted by Crippen LogP contribution is -2.45. The van der Waals surface area contributed by atoms with Crippen LogP contribution in [-0.4, -0.2) is 49.8 Å². The van der Waals surface area contributed by atoms with Gasteiger partial charge in [0.2, 0.25) is 10.0 Å². The van der Waals surface area contributed by atoms with Crippen LogP contribution in [-0.2, 0) is 10.0 Å². The quantitative estimate of drug-likeness (QED) is 0.742. The molecule has 0 radical (unpaired) electrons. The molecule has 152 valence electrons. The molecule has 4 rings (SSSR count). The van der Waals surface area contributed by atoms with Crippen LogP contribution in [0.5, 0.6) is 0 Å². The summed E-state index contributed by atoms with van der Waals surface area (Å²) in [4.78, 5) is 2.99. The molecule has 2 aromatic rings. The highest BCUT2D eigenvalue weighted by molar-refractivity contribution is 7.89. The summed E-state index contributed by atoms with van der Waals surface area (Å²) in [5.41, 5.74) is 0. The molecule has 2 aliphatic rings. The highest BCUT2D eigenvalue weighted by Gasteiger charge is 2.34. The highest BCUT2D eigenvalue weighted by atomic mass is 32.2. The van der Waals surface area contributed by atoms with Gasteiger partial charge in [0.1, 0.15) is 0 Å². The molecule has 0 aliphatic carbocycles. The number of nitrogens with zero attached hydrogens (tertiary/aromatic N) is 2. The number of piperidine rings is 2. The van der Waals surface area contributed by atoms with Crippen molar-refractivity contribution in [1.82, 2.24) is 9.21 Å².